The number of rotatable bonds is 6. The lowest BCUT2D eigenvalue weighted by Crippen LogP contribution is -2.30. The van der Waals surface area contributed by atoms with Crippen molar-refractivity contribution in [1.29, 1.82) is 0 Å². The number of aromatic nitrogens is 1. The highest BCUT2D eigenvalue weighted by Crippen LogP contribution is 2.27. The van der Waals surface area contributed by atoms with Crippen LogP contribution in [0.4, 0.5) is 10.5 Å². The number of ether oxygens (including phenoxy) is 2. The second kappa shape index (κ2) is 7.61. The fraction of sp³-hybridized carbons (Fsp3) is 0.211. The van der Waals surface area contributed by atoms with Gasteiger partial charge in [0.25, 0.3) is 0 Å². The first-order valence-corrected chi connectivity index (χ1v) is 8.02. The van der Waals surface area contributed by atoms with E-state index in [9.17, 15) is 4.79 Å². The summed E-state index contributed by atoms with van der Waals surface area (Å²) in [4.78, 5) is 15.1. The number of aromatic amines is 1. The zero-order valence-electron chi connectivity index (χ0n) is 14.3. The molecule has 0 saturated heterocycles. The van der Waals surface area contributed by atoms with E-state index in [4.69, 9.17) is 9.47 Å². The molecule has 0 unspecified atom stereocenters. The van der Waals surface area contributed by atoms with Crippen LogP contribution in [0.1, 0.15) is 5.56 Å². The van der Waals surface area contributed by atoms with E-state index in [0.29, 0.717) is 24.5 Å². The fourth-order valence-corrected chi connectivity index (χ4v) is 2.66. The van der Waals surface area contributed by atoms with E-state index in [2.05, 4.69) is 15.6 Å². The minimum absolute atomic E-state index is 0.227. The van der Waals surface area contributed by atoms with Crippen LogP contribution in [0, 0.1) is 0 Å². The Morgan fingerprint density at radius 3 is 2.68 bits per heavy atom. The third kappa shape index (κ3) is 4.03. The van der Waals surface area contributed by atoms with E-state index < -0.39 is 0 Å². The van der Waals surface area contributed by atoms with Crippen molar-refractivity contribution in [3.8, 4) is 11.5 Å². The first-order valence-electron chi connectivity index (χ1n) is 8.02. The van der Waals surface area contributed by atoms with Gasteiger partial charge in [-0.2, -0.15) is 0 Å². The van der Waals surface area contributed by atoms with Gasteiger partial charge in [-0.05, 0) is 48.4 Å². The normalized spacial score (nSPS) is 10.5. The minimum Gasteiger partial charge on any atom is -0.493 e. The number of benzene rings is 2. The van der Waals surface area contributed by atoms with Crippen LogP contribution in [0.5, 0.6) is 11.5 Å². The van der Waals surface area contributed by atoms with Gasteiger partial charge in [-0.25, -0.2) is 4.79 Å². The average molecular weight is 339 g/mol. The van der Waals surface area contributed by atoms with Gasteiger partial charge >= 0.3 is 6.03 Å². The summed E-state index contributed by atoms with van der Waals surface area (Å²) in [7, 11) is 3.21. The van der Waals surface area contributed by atoms with Crippen molar-refractivity contribution in [3.63, 3.8) is 0 Å². The second-order valence-electron chi connectivity index (χ2n) is 5.60. The Labute approximate surface area is 146 Å². The highest BCUT2D eigenvalue weighted by Gasteiger charge is 2.06. The van der Waals surface area contributed by atoms with Crippen LogP contribution >= 0.6 is 0 Å². The number of nitrogens with one attached hydrogen (secondary N) is 3. The van der Waals surface area contributed by atoms with E-state index in [-0.39, 0.29) is 6.03 Å². The average Bonchev–Trinajstić information content (AvgIpc) is 3.09. The van der Waals surface area contributed by atoms with Crippen LogP contribution < -0.4 is 20.1 Å². The maximum absolute atomic E-state index is 12.0. The van der Waals surface area contributed by atoms with Crippen LogP contribution in [0.15, 0.2) is 48.7 Å². The molecule has 1 aromatic heterocycles. The topological polar surface area (TPSA) is 75.4 Å². The summed E-state index contributed by atoms with van der Waals surface area (Å²) in [5.41, 5.74) is 2.86. The summed E-state index contributed by atoms with van der Waals surface area (Å²) in [6.07, 6.45) is 2.57. The zero-order chi connectivity index (χ0) is 17.6. The molecule has 3 N–H and O–H groups in total. The molecule has 2 amide bonds. The lowest BCUT2D eigenvalue weighted by molar-refractivity contribution is 0.252. The molecule has 0 bridgehead atoms. The number of fused-ring (bicyclic) bond motifs is 1. The van der Waals surface area contributed by atoms with Gasteiger partial charge < -0.3 is 25.1 Å². The van der Waals surface area contributed by atoms with E-state index >= 15 is 0 Å². The molecule has 0 spiro atoms. The predicted octanol–water partition coefficient (Wildman–Crippen LogP) is 3.55. The Bertz CT molecular complexity index is 873. The van der Waals surface area contributed by atoms with Crippen LogP contribution in [-0.2, 0) is 6.42 Å². The van der Waals surface area contributed by atoms with Gasteiger partial charge in [0.1, 0.15) is 0 Å². The Hall–Kier alpha value is -3.15. The molecule has 130 valence electrons. The molecule has 0 aliphatic carbocycles. The van der Waals surface area contributed by atoms with Gasteiger partial charge in [0.2, 0.25) is 0 Å². The number of carbonyl (C=O) groups excluding carboxylic acids is 1. The van der Waals surface area contributed by atoms with Crippen molar-refractivity contribution < 1.29 is 14.3 Å². The molecule has 0 radical (unpaired) electrons. The van der Waals surface area contributed by atoms with Gasteiger partial charge in [0, 0.05) is 29.3 Å². The van der Waals surface area contributed by atoms with E-state index in [1.807, 2.05) is 48.7 Å². The van der Waals surface area contributed by atoms with Gasteiger partial charge in [0.05, 0.1) is 14.2 Å². The molecule has 0 aliphatic heterocycles. The molecule has 0 saturated carbocycles. The van der Waals surface area contributed by atoms with Crippen LogP contribution in [0.25, 0.3) is 10.9 Å². The summed E-state index contributed by atoms with van der Waals surface area (Å²) in [6, 6.07) is 13.2. The molecule has 2 aromatic carbocycles. The molecular weight excluding hydrogens is 318 g/mol. The van der Waals surface area contributed by atoms with Gasteiger partial charge in [0.15, 0.2) is 11.5 Å². The van der Waals surface area contributed by atoms with Crippen molar-refractivity contribution >= 4 is 22.6 Å². The van der Waals surface area contributed by atoms with Crippen molar-refractivity contribution in [3.05, 3.63) is 54.2 Å². The Balaban J connectivity index is 1.52. The van der Waals surface area contributed by atoms with Crippen LogP contribution in [0.2, 0.25) is 0 Å². The number of urea groups is 1. The Morgan fingerprint density at radius 2 is 1.88 bits per heavy atom. The predicted molar refractivity (Wildman–Crippen MR) is 98.6 cm³/mol. The van der Waals surface area contributed by atoms with Crippen molar-refractivity contribution in [2.45, 2.75) is 6.42 Å². The monoisotopic (exact) mass is 339 g/mol. The standard InChI is InChI=1S/C19H21N3O3/c1-24-17-6-3-13(11-18(17)25-2)7-9-21-19(23)22-15-4-5-16-14(12-15)8-10-20-16/h3-6,8,10-12,20H,7,9H2,1-2H3,(H2,21,22,23). The second-order valence-corrected chi connectivity index (χ2v) is 5.60. The lowest BCUT2D eigenvalue weighted by Gasteiger charge is -2.10. The summed E-state index contributed by atoms with van der Waals surface area (Å²) in [5, 5.41) is 6.76. The molecule has 3 rings (SSSR count). The first-order chi connectivity index (χ1) is 12.2. The van der Waals surface area contributed by atoms with Gasteiger partial charge in [-0.1, -0.05) is 6.07 Å². The number of hydrogen-bond donors (Lipinski definition) is 3. The van der Waals surface area contributed by atoms with E-state index in [0.717, 1.165) is 22.2 Å². The highest BCUT2D eigenvalue weighted by atomic mass is 16.5. The smallest absolute Gasteiger partial charge is 0.319 e. The third-order valence-corrected chi connectivity index (χ3v) is 3.96. The van der Waals surface area contributed by atoms with E-state index in [1.54, 1.807) is 14.2 Å². The van der Waals surface area contributed by atoms with Crippen molar-refractivity contribution in [1.82, 2.24) is 10.3 Å². The van der Waals surface area contributed by atoms with Crippen LogP contribution in [-0.4, -0.2) is 31.8 Å². The van der Waals surface area contributed by atoms with Crippen molar-refractivity contribution in [2.75, 3.05) is 26.1 Å². The molecule has 3 aromatic rings. The highest BCUT2D eigenvalue weighted by molar-refractivity contribution is 5.92. The van der Waals surface area contributed by atoms with Crippen molar-refractivity contribution in [2.24, 2.45) is 0 Å². The maximum Gasteiger partial charge on any atom is 0.319 e. The Kier molecular flexibility index (Phi) is 5.09. The summed E-state index contributed by atoms with van der Waals surface area (Å²) < 4.78 is 10.5. The maximum atomic E-state index is 12.0. The van der Waals surface area contributed by atoms with Gasteiger partial charge in [-0.3, -0.25) is 0 Å². The number of methoxy groups -OCH3 is 2. The summed E-state index contributed by atoms with van der Waals surface area (Å²) >= 11 is 0. The van der Waals surface area contributed by atoms with E-state index in [1.165, 1.54) is 0 Å². The summed E-state index contributed by atoms with van der Waals surface area (Å²) in [6.45, 7) is 0.522. The number of H-pyrrole nitrogens is 1. The van der Waals surface area contributed by atoms with Gasteiger partial charge in [-0.15, -0.1) is 0 Å². The fourth-order valence-electron chi connectivity index (χ4n) is 2.66. The summed E-state index contributed by atoms with van der Waals surface area (Å²) in [5.74, 6) is 1.38. The molecule has 0 aliphatic rings. The molecule has 6 heteroatoms. The Morgan fingerprint density at radius 1 is 1.04 bits per heavy atom. The molecule has 0 atom stereocenters. The number of anilines is 1. The number of amides is 2. The lowest BCUT2D eigenvalue weighted by atomic mass is 10.1. The number of hydrogen-bond acceptors (Lipinski definition) is 3. The zero-order valence-corrected chi connectivity index (χ0v) is 14.3. The molecule has 25 heavy (non-hydrogen) atoms. The molecule has 6 nitrogen and oxygen atoms in total. The molecule has 1 heterocycles. The molecule has 0 fully saturated rings. The SMILES string of the molecule is COc1ccc(CCNC(=O)Nc2ccc3[nH]ccc3c2)cc1OC. The third-order valence-electron chi connectivity index (χ3n) is 3.96. The first kappa shape index (κ1) is 16.7. The minimum atomic E-state index is -0.227. The molecular formula is C19H21N3O3. The number of carbonyl (C=O) groups is 1. The largest absolute Gasteiger partial charge is 0.493 e. The quantitative estimate of drug-likeness (QED) is 0.643. The van der Waals surface area contributed by atoms with Crippen LogP contribution in [0.3, 0.4) is 0 Å².